The van der Waals surface area contributed by atoms with Crippen LogP contribution in [0.1, 0.15) is 38.3 Å². The molecular weight excluding hydrogens is 272 g/mol. The highest BCUT2D eigenvalue weighted by molar-refractivity contribution is 5.79. The Kier molecular flexibility index (Phi) is 4.74. The number of hydrogen-bond acceptors (Lipinski definition) is 1. The zero-order valence-electron chi connectivity index (χ0n) is 14.3. The zero-order valence-corrected chi connectivity index (χ0v) is 14.3. The number of aryl methyl sites for hydroxylation is 1. The fraction of sp³-hybridized carbons (Fsp3) is 0.722. The normalized spacial score (nSPS) is 18.8. The highest BCUT2D eigenvalue weighted by Gasteiger charge is 2.41. The summed E-state index contributed by atoms with van der Waals surface area (Å²) >= 11 is 0. The van der Waals surface area contributed by atoms with Gasteiger partial charge in [-0.3, -0.25) is 4.99 Å². The Morgan fingerprint density at radius 3 is 2.55 bits per heavy atom. The van der Waals surface area contributed by atoms with Gasteiger partial charge in [0, 0.05) is 39.1 Å². The van der Waals surface area contributed by atoms with Crippen molar-refractivity contribution in [2.45, 2.75) is 39.2 Å². The van der Waals surface area contributed by atoms with E-state index < -0.39 is 0 Å². The van der Waals surface area contributed by atoms with Crippen LogP contribution in [0.5, 0.6) is 0 Å². The number of aromatic nitrogens is 1. The number of guanidine groups is 1. The lowest BCUT2D eigenvalue weighted by Crippen LogP contribution is -2.39. The van der Waals surface area contributed by atoms with Crippen LogP contribution in [0.15, 0.2) is 23.3 Å². The van der Waals surface area contributed by atoms with Gasteiger partial charge < -0.3 is 14.8 Å². The molecule has 1 heterocycles. The Bertz CT molecular complexity index is 499. The Morgan fingerprint density at radius 1 is 1.36 bits per heavy atom. The van der Waals surface area contributed by atoms with E-state index in [-0.39, 0.29) is 0 Å². The third kappa shape index (κ3) is 3.84. The smallest absolute Gasteiger partial charge is 0.194 e. The number of nitrogens with one attached hydrogen (secondary N) is 1. The van der Waals surface area contributed by atoms with Gasteiger partial charge in [-0.1, -0.05) is 0 Å². The molecule has 2 saturated carbocycles. The summed E-state index contributed by atoms with van der Waals surface area (Å²) in [6.45, 7) is 4.97. The van der Waals surface area contributed by atoms with Crippen LogP contribution in [0.25, 0.3) is 0 Å². The molecule has 0 spiro atoms. The molecule has 0 radical (unpaired) electrons. The van der Waals surface area contributed by atoms with E-state index >= 15 is 0 Å². The molecule has 0 unspecified atom stereocenters. The maximum absolute atomic E-state index is 4.97. The minimum atomic E-state index is 0.845. The van der Waals surface area contributed by atoms with Crippen molar-refractivity contribution in [3.05, 3.63) is 24.0 Å². The van der Waals surface area contributed by atoms with E-state index in [1.165, 1.54) is 31.4 Å². The Morgan fingerprint density at radius 2 is 2.05 bits per heavy atom. The molecule has 3 rings (SSSR count). The molecule has 4 nitrogen and oxygen atoms in total. The van der Waals surface area contributed by atoms with E-state index in [2.05, 4.69) is 54.1 Å². The second-order valence-electron chi connectivity index (χ2n) is 7.00. The van der Waals surface area contributed by atoms with E-state index in [0.29, 0.717) is 0 Å². The van der Waals surface area contributed by atoms with Crippen LogP contribution in [0.2, 0.25) is 0 Å². The fourth-order valence-corrected chi connectivity index (χ4v) is 3.37. The van der Waals surface area contributed by atoms with Gasteiger partial charge in [0.05, 0.1) is 6.54 Å². The molecule has 0 bridgehead atoms. The second kappa shape index (κ2) is 6.76. The van der Waals surface area contributed by atoms with Gasteiger partial charge in [-0.2, -0.15) is 0 Å². The summed E-state index contributed by atoms with van der Waals surface area (Å²) in [5.41, 5.74) is 1.31. The average molecular weight is 302 g/mol. The van der Waals surface area contributed by atoms with Gasteiger partial charge in [-0.25, -0.2) is 0 Å². The largest absolute Gasteiger partial charge is 0.357 e. The van der Waals surface area contributed by atoms with Crippen LogP contribution in [-0.2, 0) is 13.6 Å². The van der Waals surface area contributed by atoms with Crippen molar-refractivity contribution in [2.75, 3.05) is 20.1 Å². The summed E-state index contributed by atoms with van der Waals surface area (Å²) in [7, 11) is 4.24. The van der Waals surface area contributed by atoms with Crippen molar-refractivity contribution in [2.24, 2.45) is 29.8 Å². The lowest BCUT2D eigenvalue weighted by atomic mass is 9.98. The third-order valence-corrected chi connectivity index (χ3v) is 5.05. The van der Waals surface area contributed by atoms with Crippen molar-refractivity contribution in [3.63, 3.8) is 0 Å². The van der Waals surface area contributed by atoms with E-state index in [4.69, 9.17) is 4.99 Å². The van der Waals surface area contributed by atoms with E-state index in [1.54, 1.807) is 0 Å². The number of hydrogen-bond donors (Lipinski definition) is 1. The van der Waals surface area contributed by atoms with Gasteiger partial charge in [0.2, 0.25) is 0 Å². The molecule has 1 aromatic heterocycles. The van der Waals surface area contributed by atoms with Crippen LogP contribution in [0, 0.1) is 17.8 Å². The lowest BCUT2D eigenvalue weighted by Gasteiger charge is -2.23. The van der Waals surface area contributed by atoms with Crippen LogP contribution in [0.4, 0.5) is 0 Å². The fourth-order valence-electron chi connectivity index (χ4n) is 3.37. The number of rotatable bonds is 7. The summed E-state index contributed by atoms with van der Waals surface area (Å²) < 4.78 is 2.18. The molecule has 2 fully saturated rings. The lowest BCUT2D eigenvalue weighted by molar-refractivity contribution is 0.408. The topological polar surface area (TPSA) is 32.6 Å². The predicted molar refractivity (Wildman–Crippen MR) is 91.8 cm³/mol. The number of nitrogens with zero attached hydrogens (tertiary/aromatic N) is 3. The molecule has 1 aromatic rings. The molecule has 22 heavy (non-hydrogen) atoms. The summed E-state index contributed by atoms with van der Waals surface area (Å²) in [5, 5.41) is 3.45. The first kappa shape index (κ1) is 15.4. The molecule has 1 N–H and O–H groups in total. The highest BCUT2D eigenvalue weighted by Crippen LogP contribution is 2.49. The monoisotopic (exact) mass is 302 g/mol. The van der Waals surface area contributed by atoms with Crippen LogP contribution >= 0.6 is 0 Å². The minimum absolute atomic E-state index is 0.845. The quantitative estimate of drug-likeness (QED) is 0.620. The van der Waals surface area contributed by atoms with Gasteiger partial charge in [0.25, 0.3) is 0 Å². The average Bonchev–Trinajstić information content (AvgIpc) is 3.40. The van der Waals surface area contributed by atoms with Crippen molar-refractivity contribution >= 4 is 5.96 Å². The standard InChI is InChI=1S/C18H30N4/c1-4-19-18(22(3)13-16-6-5-11-21(16)2)20-12-17(14-7-8-14)15-9-10-15/h5-6,11,14-15,17H,4,7-10,12-13H2,1-3H3,(H,19,20). The molecule has 0 atom stereocenters. The molecule has 0 aliphatic heterocycles. The van der Waals surface area contributed by atoms with E-state index in [0.717, 1.165) is 43.3 Å². The van der Waals surface area contributed by atoms with Crippen molar-refractivity contribution in [3.8, 4) is 0 Å². The maximum atomic E-state index is 4.97. The molecule has 4 heteroatoms. The van der Waals surface area contributed by atoms with E-state index in [1.807, 2.05) is 0 Å². The predicted octanol–water partition coefficient (Wildman–Crippen LogP) is 2.86. The van der Waals surface area contributed by atoms with Crippen molar-refractivity contribution < 1.29 is 0 Å². The molecule has 0 saturated heterocycles. The Labute approximate surface area is 134 Å². The van der Waals surface area contributed by atoms with Gasteiger partial charge in [0.15, 0.2) is 5.96 Å². The first-order valence-electron chi connectivity index (χ1n) is 8.78. The van der Waals surface area contributed by atoms with Crippen LogP contribution < -0.4 is 5.32 Å². The number of aliphatic imine (C=N–C) groups is 1. The van der Waals surface area contributed by atoms with Crippen LogP contribution in [-0.4, -0.2) is 35.6 Å². The summed E-state index contributed by atoms with van der Waals surface area (Å²) in [4.78, 5) is 7.21. The Balaban J connectivity index is 1.62. The maximum Gasteiger partial charge on any atom is 0.194 e. The van der Waals surface area contributed by atoms with Crippen molar-refractivity contribution in [1.82, 2.24) is 14.8 Å². The SMILES string of the molecule is CCNC(=NCC(C1CC1)C1CC1)N(C)Cc1cccn1C. The first-order valence-corrected chi connectivity index (χ1v) is 8.78. The first-order chi connectivity index (χ1) is 10.7. The molecule has 2 aliphatic rings. The molecule has 0 aromatic carbocycles. The van der Waals surface area contributed by atoms with Gasteiger partial charge in [-0.05, 0) is 62.5 Å². The van der Waals surface area contributed by atoms with Crippen molar-refractivity contribution in [1.29, 1.82) is 0 Å². The molecule has 122 valence electrons. The van der Waals surface area contributed by atoms with Gasteiger partial charge >= 0.3 is 0 Å². The minimum Gasteiger partial charge on any atom is -0.357 e. The molecular formula is C18H30N4. The molecule has 0 amide bonds. The zero-order chi connectivity index (χ0) is 15.5. The highest BCUT2D eigenvalue weighted by atomic mass is 15.3. The van der Waals surface area contributed by atoms with Crippen LogP contribution in [0.3, 0.4) is 0 Å². The van der Waals surface area contributed by atoms with Gasteiger partial charge in [-0.15, -0.1) is 0 Å². The third-order valence-electron chi connectivity index (χ3n) is 5.05. The summed E-state index contributed by atoms with van der Waals surface area (Å²) in [6.07, 6.45) is 7.85. The summed E-state index contributed by atoms with van der Waals surface area (Å²) in [6, 6.07) is 4.28. The van der Waals surface area contributed by atoms with Gasteiger partial charge in [0.1, 0.15) is 0 Å². The second-order valence-corrected chi connectivity index (χ2v) is 7.00. The van der Waals surface area contributed by atoms with E-state index in [9.17, 15) is 0 Å². The Hall–Kier alpha value is -1.45. The molecule has 2 aliphatic carbocycles. The summed E-state index contributed by atoms with van der Waals surface area (Å²) in [5.74, 6) is 3.83.